The predicted octanol–water partition coefficient (Wildman–Crippen LogP) is 3.45. The van der Waals surface area contributed by atoms with E-state index in [1.807, 2.05) is 43.3 Å². The summed E-state index contributed by atoms with van der Waals surface area (Å²) in [5.74, 6) is -1.02. The summed E-state index contributed by atoms with van der Waals surface area (Å²) < 4.78 is 5.64. The molecule has 0 radical (unpaired) electrons. The van der Waals surface area contributed by atoms with Crippen LogP contribution in [0, 0.1) is 0 Å². The predicted molar refractivity (Wildman–Crippen MR) is 113 cm³/mol. The van der Waals surface area contributed by atoms with Gasteiger partial charge in [0.25, 0.3) is 0 Å². The SMILES string of the molecule is CN(C)[C@@H]1C[C@@H](C(=O)O)N(C(=O)OCC2c3ccccc3-c3ccccc32)C1.Cl. The molecule has 1 aliphatic heterocycles. The highest BCUT2D eigenvalue weighted by Crippen LogP contribution is 2.44. The minimum Gasteiger partial charge on any atom is -0.480 e. The zero-order valence-corrected chi connectivity index (χ0v) is 17.3. The number of halogens is 1. The van der Waals surface area contributed by atoms with Crippen LogP contribution in [0.15, 0.2) is 48.5 Å². The normalized spacial score (nSPS) is 20.2. The fourth-order valence-corrected chi connectivity index (χ4v) is 4.30. The van der Waals surface area contributed by atoms with E-state index in [-0.39, 0.29) is 31.0 Å². The zero-order chi connectivity index (χ0) is 19.8. The molecule has 0 unspecified atom stereocenters. The first-order valence-electron chi connectivity index (χ1n) is 9.48. The molecule has 2 atom stereocenters. The van der Waals surface area contributed by atoms with E-state index in [0.717, 1.165) is 22.3 Å². The number of carboxylic acids is 1. The number of likely N-dealkylation sites (N-methyl/N-ethyl adjacent to an activating group) is 1. The molecule has 1 N–H and O–H groups in total. The summed E-state index contributed by atoms with van der Waals surface area (Å²) in [6.45, 7) is 0.559. The summed E-state index contributed by atoms with van der Waals surface area (Å²) in [4.78, 5) is 27.6. The number of likely N-dealkylation sites (tertiary alicyclic amines) is 1. The van der Waals surface area contributed by atoms with E-state index >= 15 is 0 Å². The van der Waals surface area contributed by atoms with Gasteiger partial charge in [0, 0.05) is 18.5 Å². The average Bonchev–Trinajstić information content (AvgIpc) is 3.27. The van der Waals surface area contributed by atoms with E-state index in [9.17, 15) is 14.7 Å². The number of benzene rings is 2. The van der Waals surface area contributed by atoms with Crippen LogP contribution in [0.4, 0.5) is 4.79 Å². The van der Waals surface area contributed by atoms with Gasteiger partial charge in [-0.1, -0.05) is 48.5 Å². The van der Waals surface area contributed by atoms with E-state index in [1.165, 1.54) is 4.90 Å². The number of rotatable bonds is 4. The minimum absolute atomic E-state index is 0. The summed E-state index contributed by atoms with van der Waals surface area (Å²) in [6, 6.07) is 15.4. The lowest BCUT2D eigenvalue weighted by Crippen LogP contribution is -2.41. The molecule has 1 heterocycles. The Bertz CT molecular complexity index is 872. The Morgan fingerprint density at radius 3 is 2.14 bits per heavy atom. The molecule has 0 bridgehead atoms. The monoisotopic (exact) mass is 416 g/mol. The number of fused-ring (bicyclic) bond motifs is 3. The first kappa shape index (κ1) is 21.1. The maximum Gasteiger partial charge on any atom is 0.410 e. The van der Waals surface area contributed by atoms with Gasteiger partial charge in [0.1, 0.15) is 12.6 Å². The van der Waals surface area contributed by atoms with Crippen molar-refractivity contribution < 1.29 is 19.4 Å². The topological polar surface area (TPSA) is 70.1 Å². The van der Waals surface area contributed by atoms with Crippen LogP contribution in [0.2, 0.25) is 0 Å². The minimum atomic E-state index is -0.988. The van der Waals surface area contributed by atoms with Gasteiger partial charge in [-0.3, -0.25) is 4.90 Å². The summed E-state index contributed by atoms with van der Waals surface area (Å²) in [6.07, 6.45) is -0.148. The van der Waals surface area contributed by atoms with E-state index in [1.54, 1.807) is 0 Å². The van der Waals surface area contributed by atoms with Gasteiger partial charge in [0.2, 0.25) is 0 Å². The molecule has 0 spiro atoms. The van der Waals surface area contributed by atoms with Crippen LogP contribution in [0.1, 0.15) is 23.5 Å². The van der Waals surface area contributed by atoms with Crippen LogP contribution in [-0.4, -0.2) is 66.3 Å². The molecule has 4 rings (SSSR count). The summed E-state index contributed by atoms with van der Waals surface area (Å²) in [7, 11) is 3.79. The number of ether oxygens (including phenoxy) is 1. The van der Waals surface area contributed by atoms with Crippen molar-refractivity contribution in [1.29, 1.82) is 0 Å². The molecule has 1 aliphatic carbocycles. The van der Waals surface area contributed by atoms with Gasteiger partial charge in [0.05, 0.1) is 0 Å². The van der Waals surface area contributed by atoms with Gasteiger partial charge in [-0.05, 0) is 42.8 Å². The molecule has 1 amide bonds. The number of carbonyl (C=O) groups excluding carboxylic acids is 1. The number of amides is 1. The van der Waals surface area contributed by atoms with Gasteiger partial charge in [-0.15, -0.1) is 12.4 Å². The molecule has 1 fully saturated rings. The van der Waals surface area contributed by atoms with Crippen LogP contribution in [0.25, 0.3) is 11.1 Å². The second kappa shape index (κ2) is 8.43. The maximum absolute atomic E-state index is 12.7. The van der Waals surface area contributed by atoms with E-state index in [0.29, 0.717) is 13.0 Å². The van der Waals surface area contributed by atoms with Gasteiger partial charge in [-0.25, -0.2) is 9.59 Å². The lowest BCUT2D eigenvalue weighted by atomic mass is 9.98. The molecule has 6 nitrogen and oxygen atoms in total. The number of hydrogen-bond donors (Lipinski definition) is 1. The lowest BCUT2D eigenvalue weighted by molar-refractivity contribution is -0.141. The fourth-order valence-electron chi connectivity index (χ4n) is 4.30. The third-order valence-electron chi connectivity index (χ3n) is 5.86. The second-order valence-corrected chi connectivity index (χ2v) is 7.66. The van der Waals surface area contributed by atoms with E-state index in [4.69, 9.17) is 4.74 Å². The molecule has 0 saturated carbocycles. The largest absolute Gasteiger partial charge is 0.480 e. The van der Waals surface area contributed by atoms with Crippen LogP contribution in [-0.2, 0) is 9.53 Å². The van der Waals surface area contributed by atoms with Crippen molar-refractivity contribution in [3.05, 3.63) is 59.7 Å². The van der Waals surface area contributed by atoms with E-state index < -0.39 is 18.1 Å². The first-order chi connectivity index (χ1) is 13.5. The third kappa shape index (κ3) is 3.82. The molecule has 2 aromatic rings. The fraction of sp³-hybridized carbons (Fsp3) is 0.364. The molecule has 154 valence electrons. The molecule has 7 heteroatoms. The number of carboxylic acid groups (broad SMARTS) is 1. The molecular formula is C22H25ClN2O4. The van der Waals surface area contributed by atoms with Gasteiger partial charge >= 0.3 is 12.1 Å². The number of carbonyl (C=O) groups is 2. The summed E-state index contributed by atoms with van der Waals surface area (Å²) >= 11 is 0. The van der Waals surface area contributed by atoms with Gasteiger partial charge < -0.3 is 14.7 Å². The first-order valence-corrected chi connectivity index (χ1v) is 9.48. The Morgan fingerprint density at radius 1 is 1.07 bits per heavy atom. The summed E-state index contributed by atoms with van der Waals surface area (Å²) in [5.41, 5.74) is 4.60. The van der Waals surface area contributed by atoms with Crippen molar-refractivity contribution in [2.75, 3.05) is 27.2 Å². The Hall–Kier alpha value is -2.57. The number of hydrogen-bond acceptors (Lipinski definition) is 4. The Morgan fingerprint density at radius 2 is 1.62 bits per heavy atom. The Kier molecular flexibility index (Phi) is 6.15. The van der Waals surface area contributed by atoms with Crippen molar-refractivity contribution in [2.24, 2.45) is 0 Å². The highest BCUT2D eigenvalue weighted by molar-refractivity contribution is 5.85. The van der Waals surface area contributed by atoms with Crippen LogP contribution in [0.3, 0.4) is 0 Å². The number of aliphatic carboxylic acids is 1. The van der Waals surface area contributed by atoms with Crippen molar-refractivity contribution in [2.45, 2.75) is 24.4 Å². The second-order valence-electron chi connectivity index (χ2n) is 7.66. The quantitative estimate of drug-likeness (QED) is 0.826. The molecule has 29 heavy (non-hydrogen) atoms. The van der Waals surface area contributed by atoms with Crippen molar-refractivity contribution in [1.82, 2.24) is 9.80 Å². The van der Waals surface area contributed by atoms with Crippen LogP contribution >= 0.6 is 12.4 Å². The standard InChI is InChI=1S/C22H24N2O4.ClH/c1-23(2)14-11-20(21(25)26)24(12-14)22(27)28-13-19-17-9-5-3-7-15(17)16-8-4-6-10-18(16)19;/h3-10,14,19-20H,11-13H2,1-2H3,(H,25,26);1H/t14-,20+;/m1./s1. The van der Waals surface area contributed by atoms with Crippen LogP contribution < -0.4 is 0 Å². The van der Waals surface area contributed by atoms with E-state index in [2.05, 4.69) is 24.3 Å². The van der Waals surface area contributed by atoms with Gasteiger partial charge in [0.15, 0.2) is 0 Å². The summed E-state index contributed by atoms with van der Waals surface area (Å²) in [5, 5.41) is 9.50. The van der Waals surface area contributed by atoms with Crippen LogP contribution in [0.5, 0.6) is 0 Å². The Labute approximate surface area is 176 Å². The number of nitrogens with zero attached hydrogens (tertiary/aromatic N) is 2. The van der Waals surface area contributed by atoms with Crippen molar-refractivity contribution in [3.8, 4) is 11.1 Å². The molecule has 0 aromatic heterocycles. The third-order valence-corrected chi connectivity index (χ3v) is 5.86. The smallest absolute Gasteiger partial charge is 0.410 e. The van der Waals surface area contributed by atoms with Crippen molar-refractivity contribution in [3.63, 3.8) is 0 Å². The average molecular weight is 417 g/mol. The molecule has 2 aliphatic rings. The Balaban J connectivity index is 0.00000240. The van der Waals surface area contributed by atoms with Crippen molar-refractivity contribution >= 4 is 24.5 Å². The molecule has 2 aromatic carbocycles. The van der Waals surface area contributed by atoms with Gasteiger partial charge in [-0.2, -0.15) is 0 Å². The maximum atomic E-state index is 12.7. The molecular weight excluding hydrogens is 392 g/mol. The highest BCUT2D eigenvalue weighted by Gasteiger charge is 2.41. The highest BCUT2D eigenvalue weighted by atomic mass is 35.5. The molecule has 1 saturated heterocycles. The lowest BCUT2D eigenvalue weighted by Gasteiger charge is -2.23. The zero-order valence-electron chi connectivity index (χ0n) is 16.4.